The van der Waals surface area contributed by atoms with E-state index >= 15 is 0 Å². The van der Waals surface area contributed by atoms with Gasteiger partial charge in [-0.15, -0.1) is 0 Å². The van der Waals surface area contributed by atoms with Gasteiger partial charge in [-0.2, -0.15) is 5.10 Å². The number of aromatic nitrogens is 3. The lowest BCUT2D eigenvalue weighted by molar-refractivity contribution is -0.122. The van der Waals surface area contributed by atoms with Gasteiger partial charge in [0.15, 0.2) is 5.82 Å². The van der Waals surface area contributed by atoms with Crippen LogP contribution in [0.3, 0.4) is 0 Å². The number of piperazine rings is 1. The number of nitrogens with zero attached hydrogens (tertiary/aromatic N) is 4. The molecule has 0 spiro atoms. The Labute approximate surface area is 110 Å². The maximum absolute atomic E-state index is 12.0. The topological polar surface area (TPSA) is 74.6 Å². The van der Waals surface area contributed by atoms with Crippen molar-refractivity contribution in [2.75, 3.05) is 31.6 Å². The van der Waals surface area contributed by atoms with E-state index in [0.717, 1.165) is 24.4 Å². The normalized spacial score (nSPS) is 19.6. The van der Waals surface area contributed by atoms with Crippen LogP contribution in [0.4, 0.5) is 5.82 Å². The lowest BCUT2D eigenvalue weighted by Crippen LogP contribution is -2.58. The number of carbonyl (C=O) groups is 1. The first-order valence-corrected chi connectivity index (χ1v) is 6.28. The van der Waals surface area contributed by atoms with Gasteiger partial charge in [-0.25, -0.2) is 9.50 Å². The van der Waals surface area contributed by atoms with Gasteiger partial charge in [-0.3, -0.25) is 4.79 Å². The molecule has 1 amide bonds. The summed E-state index contributed by atoms with van der Waals surface area (Å²) in [6, 6.07) is 1.66. The van der Waals surface area contributed by atoms with Crippen LogP contribution in [0.15, 0.2) is 24.7 Å². The Bertz CT molecular complexity index is 595. The Hall–Kier alpha value is -2.15. The van der Waals surface area contributed by atoms with Crippen LogP contribution in [-0.2, 0) is 4.79 Å². The molecule has 7 nitrogen and oxygen atoms in total. The van der Waals surface area contributed by atoms with E-state index in [4.69, 9.17) is 0 Å². The molecule has 1 atom stereocenters. The minimum absolute atomic E-state index is 0.00415. The number of hydrogen-bond acceptors (Lipinski definition) is 5. The van der Waals surface area contributed by atoms with Gasteiger partial charge < -0.3 is 15.5 Å². The van der Waals surface area contributed by atoms with Crippen LogP contribution in [0.25, 0.3) is 5.52 Å². The van der Waals surface area contributed by atoms with Crippen molar-refractivity contribution in [1.29, 1.82) is 0 Å². The van der Waals surface area contributed by atoms with E-state index in [0.29, 0.717) is 6.54 Å². The molecule has 1 fully saturated rings. The molecule has 3 heterocycles. The highest BCUT2D eigenvalue weighted by molar-refractivity contribution is 5.87. The predicted molar refractivity (Wildman–Crippen MR) is 71.1 cm³/mol. The van der Waals surface area contributed by atoms with Crippen LogP contribution in [0, 0.1) is 0 Å². The third-order valence-electron chi connectivity index (χ3n) is 3.37. The molecule has 7 heteroatoms. The highest BCUT2D eigenvalue weighted by Gasteiger charge is 2.30. The molecule has 1 unspecified atom stereocenters. The van der Waals surface area contributed by atoms with Gasteiger partial charge in [0, 0.05) is 39.1 Å². The van der Waals surface area contributed by atoms with Crippen molar-refractivity contribution < 1.29 is 4.79 Å². The van der Waals surface area contributed by atoms with Crippen LogP contribution in [0.5, 0.6) is 0 Å². The van der Waals surface area contributed by atoms with Gasteiger partial charge in [0.25, 0.3) is 0 Å². The maximum atomic E-state index is 12.0. The number of fused-ring (bicyclic) bond motifs is 1. The molecular formula is C12H16N6O. The van der Waals surface area contributed by atoms with Crippen molar-refractivity contribution in [3.05, 3.63) is 24.7 Å². The van der Waals surface area contributed by atoms with Gasteiger partial charge >= 0.3 is 0 Å². The van der Waals surface area contributed by atoms with Crippen molar-refractivity contribution in [3.63, 3.8) is 0 Å². The molecule has 1 saturated heterocycles. The van der Waals surface area contributed by atoms with Crippen LogP contribution >= 0.6 is 0 Å². The quantitative estimate of drug-likeness (QED) is 0.743. The standard InChI is InChI=1S/C12H16N6O/c1-13-12(19)10-8-14-4-6-17(10)11-9-2-3-16-18(9)7-5-15-11/h2-3,5,7,10,14H,4,6,8H2,1H3,(H,13,19). The van der Waals surface area contributed by atoms with E-state index in [1.165, 1.54) is 0 Å². The lowest BCUT2D eigenvalue weighted by Gasteiger charge is -2.35. The summed E-state index contributed by atoms with van der Waals surface area (Å²) in [5, 5.41) is 10.1. The number of anilines is 1. The summed E-state index contributed by atoms with van der Waals surface area (Å²) in [6.45, 7) is 2.21. The first kappa shape index (κ1) is 11.9. The minimum atomic E-state index is -0.243. The average molecular weight is 260 g/mol. The zero-order chi connectivity index (χ0) is 13.2. The van der Waals surface area contributed by atoms with E-state index in [-0.39, 0.29) is 11.9 Å². The van der Waals surface area contributed by atoms with Crippen molar-refractivity contribution in [3.8, 4) is 0 Å². The Morgan fingerprint density at radius 3 is 3.26 bits per heavy atom. The molecule has 0 saturated carbocycles. The van der Waals surface area contributed by atoms with Gasteiger partial charge in [0.1, 0.15) is 11.6 Å². The summed E-state index contributed by atoms with van der Waals surface area (Å²) in [6.07, 6.45) is 5.24. The zero-order valence-corrected chi connectivity index (χ0v) is 10.7. The average Bonchev–Trinajstić information content (AvgIpc) is 2.94. The van der Waals surface area contributed by atoms with Crippen LogP contribution < -0.4 is 15.5 Å². The fourth-order valence-corrected chi connectivity index (χ4v) is 2.42. The molecule has 0 bridgehead atoms. The second-order valence-electron chi connectivity index (χ2n) is 4.44. The van der Waals surface area contributed by atoms with E-state index in [2.05, 4.69) is 20.7 Å². The second-order valence-corrected chi connectivity index (χ2v) is 4.44. The highest BCUT2D eigenvalue weighted by Crippen LogP contribution is 2.21. The highest BCUT2D eigenvalue weighted by atomic mass is 16.2. The number of hydrogen-bond donors (Lipinski definition) is 2. The number of likely N-dealkylation sites (N-methyl/N-ethyl adjacent to an activating group) is 1. The molecule has 19 heavy (non-hydrogen) atoms. The molecule has 2 aromatic rings. The maximum Gasteiger partial charge on any atom is 0.243 e. The van der Waals surface area contributed by atoms with Crippen molar-refractivity contribution >= 4 is 17.2 Å². The number of carbonyl (C=O) groups excluding carboxylic acids is 1. The third kappa shape index (κ3) is 2.01. The Kier molecular flexibility index (Phi) is 3.04. The van der Waals surface area contributed by atoms with E-state index < -0.39 is 0 Å². The van der Waals surface area contributed by atoms with E-state index in [9.17, 15) is 4.79 Å². The smallest absolute Gasteiger partial charge is 0.243 e. The summed E-state index contributed by atoms with van der Waals surface area (Å²) >= 11 is 0. The minimum Gasteiger partial charge on any atom is -0.357 e. The van der Waals surface area contributed by atoms with Crippen LogP contribution in [0.1, 0.15) is 0 Å². The number of amides is 1. The molecule has 1 aliphatic rings. The summed E-state index contributed by atoms with van der Waals surface area (Å²) in [5.74, 6) is 0.797. The summed E-state index contributed by atoms with van der Waals surface area (Å²) in [7, 11) is 1.65. The van der Waals surface area contributed by atoms with Crippen molar-refractivity contribution in [1.82, 2.24) is 25.2 Å². The second kappa shape index (κ2) is 4.85. The first-order valence-electron chi connectivity index (χ1n) is 6.28. The molecule has 2 N–H and O–H groups in total. The summed E-state index contributed by atoms with van der Waals surface area (Å²) in [4.78, 5) is 18.4. The molecule has 0 radical (unpaired) electrons. The van der Waals surface area contributed by atoms with Gasteiger partial charge in [0.05, 0.1) is 6.20 Å². The number of rotatable bonds is 2. The summed E-state index contributed by atoms with van der Waals surface area (Å²) < 4.78 is 1.77. The summed E-state index contributed by atoms with van der Waals surface area (Å²) in [5.41, 5.74) is 0.915. The fraction of sp³-hybridized carbons (Fsp3) is 0.417. The number of nitrogens with one attached hydrogen (secondary N) is 2. The molecule has 3 rings (SSSR count). The Morgan fingerprint density at radius 2 is 2.42 bits per heavy atom. The lowest BCUT2D eigenvalue weighted by atomic mass is 10.1. The Balaban J connectivity index is 2.02. The molecule has 100 valence electrons. The fourth-order valence-electron chi connectivity index (χ4n) is 2.42. The van der Waals surface area contributed by atoms with E-state index in [1.54, 1.807) is 30.2 Å². The molecule has 1 aliphatic heterocycles. The van der Waals surface area contributed by atoms with Gasteiger partial charge in [-0.1, -0.05) is 0 Å². The Morgan fingerprint density at radius 1 is 1.53 bits per heavy atom. The van der Waals surface area contributed by atoms with Gasteiger partial charge in [-0.05, 0) is 6.07 Å². The van der Waals surface area contributed by atoms with Gasteiger partial charge in [0.2, 0.25) is 5.91 Å². The molecule has 0 aromatic carbocycles. The largest absolute Gasteiger partial charge is 0.357 e. The first-order chi connectivity index (χ1) is 9.31. The molecule has 0 aliphatic carbocycles. The third-order valence-corrected chi connectivity index (χ3v) is 3.37. The molecule has 2 aromatic heterocycles. The van der Waals surface area contributed by atoms with Crippen LogP contribution in [0.2, 0.25) is 0 Å². The SMILES string of the molecule is CNC(=O)C1CNCCN1c1nccn2nccc12. The van der Waals surface area contributed by atoms with Crippen molar-refractivity contribution in [2.24, 2.45) is 0 Å². The van der Waals surface area contributed by atoms with Crippen molar-refractivity contribution in [2.45, 2.75) is 6.04 Å². The monoisotopic (exact) mass is 260 g/mol. The van der Waals surface area contributed by atoms with Crippen LogP contribution in [-0.4, -0.2) is 53.2 Å². The molecular weight excluding hydrogens is 244 g/mol. The zero-order valence-electron chi connectivity index (χ0n) is 10.7. The van der Waals surface area contributed by atoms with E-state index in [1.807, 2.05) is 11.0 Å². The predicted octanol–water partition coefficient (Wildman–Crippen LogP) is -0.746.